The summed E-state index contributed by atoms with van der Waals surface area (Å²) in [6.45, 7) is 1.86. The predicted octanol–water partition coefficient (Wildman–Crippen LogP) is 3.35. The molecule has 0 saturated heterocycles. The molecule has 0 aliphatic carbocycles. The van der Waals surface area contributed by atoms with Gasteiger partial charge in [-0.2, -0.15) is 0 Å². The van der Waals surface area contributed by atoms with Crippen LogP contribution in [0.2, 0.25) is 0 Å². The topological polar surface area (TPSA) is 0 Å². The molecule has 72 valence electrons. The number of benzene rings is 1. The molecule has 1 rings (SSSR count). The smallest absolute Gasteiger partial charge is 0.137 e. The van der Waals surface area contributed by atoms with E-state index in [-0.39, 0.29) is 19.9 Å². The second kappa shape index (κ2) is 7.09. The van der Waals surface area contributed by atoms with Crippen LogP contribution in [0, 0.1) is 12.7 Å². The van der Waals surface area contributed by atoms with Crippen LogP contribution < -0.4 is 0 Å². The van der Waals surface area contributed by atoms with E-state index in [4.69, 9.17) is 0 Å². The summed E-state index contributed by atoms with van der Waals surface area (Å²) in [5, 5.41) is 0. The van der Waals surface area contributed by atoms with E-state index in [0.717, 1.165) is 5.56 Å². The van der Waals surface area contributed by atoms with Gasteiger partial charge in [0.2, 0.25) is 0 Å². The highest BCUT2D eigenvalue weighted by Gasteiger charge is 1.95. The monoisotopic (exact) mass is 248 g/mol. The Morgan fingerprint density at radius 2 is 1.67 bits per heavy atom. The molecule has 0 fully saturated rings. The minimum absolute atomic E-state index is 0. The van der Waals surface area contributed by atoms with Crippen molar-refractivity contribution in [2.45, 2.75) is 6.92 Å². The minimum Gasteiger partial charge on any atom is -0.269 e. The number of rotatable bonds is 0. The van der Waals surface area contributed by atoms with Gasteiger partial charge < -0.3 is 0 Å². The maximum atomic E-state index is 12.5. The molecule has 5 heteroatoms. The summed E-state index contributed by atoms with van der Waals surface area (Å²) in [7, 11) is 0. The number of hydrogen-bond donors (Lipinski definition) is 0. The second-order valence-corrected chi connectivity index (χ2v) is 2.77. The highest BCUT2D eigenvalue weighted by Crippen LogP contribution is 2.15. The lowest BCUT2D eigenvalue weighted by atomic mass is 10.2. The fourth-order valence-corrected chi connectivity index (χ4v) is 0.848. The second-order valence-electron chi connectivity index (χ2n) is 1.92. The van der Waals surface area contributed by atoms with Crippen LogP contribution in [0.1, 0.15) is 5.56 Å². The molecule has 0 spiro atoms. The Morgan fingerprint density at radius 3 is 2.00 bits per heavy atom. The quantitative estimate of drug-likeness (QED) is 0.618. The molecule has 0 aliphatic rings. The first-order valence-electron chi connectivity index (χ1n) is 2.62. The van der Waals surface area contributed by atoms with E-state index < -0.39 is 0 Å². The average molecular weight is 249 g/mol. The van der Waals surface area contributed by atoms with Gasteiger partial charge in [-0.3, -0.25) is 14.1 Å². The average Bonchev–Trinajstić information content (AvgIpc) is 1.80. The van der Waals surface area contributed by atoms with Crippen LogP contribution in [0.15, 0.2) is 22.7 Å². The van der Waals surface area contributed by atoms with Gasteiger partial charge in [-0.15, -0.1) is 0 Å². The number of aryl methyl sites for hydroxylation is 1. The Labute approximate surface area is 76.0 Å². The van der Waals surface area contributed by atoms with Crippen LogP contribution in [-0.4, -0.2) is 0 Å². The molecular formula is C7H9BrF4. The van der Waals surface area contributed by atoms with E-state index in [2.05, 4.69) is 15.9 Å². The molecular weight excluding hydrogens is 240 g/mol. The van der Waals surface area contributed by atoms with Crippen molar-refractivity contribution in [3.8, 4) is 0 Å². The van der Waals surface area contributed by atoms with Gasteiger partial charge in [0.25, 0.3) is 0 Å². The Hall–Kier alpha value is -0.580. The molecule has 0 unspecified atom stereocenters. The van der Waals surface area contributed by atoms with Gasteiger partial charge in [0, 0.05) is 0 Å². The van der Waals surface area contributed by atoms with Crippen LogP contribution in [0.5, 0.6) is 0 Å². The molecule has 0 aliphatic heterocycles. The number of hydrogen-bond acceptors (Lipinski definition) is 0. The van der Waals surface area contributed by atoms with Crippen LogP contribution in [0.3, 0.4) is 0 Å². The zero-order valence-corrected chi connectivity index (χ0v) is 7.80. The third-order valence-electron chi connectivity index (χ3n) is 1.08. The van der Waals surface area contributed by atoms with E-state index in [1.807, 2.05) is 13.0 Å². The van der Waals surface area contributed by atoms with Crippen molar-refractivity contribution in [2.75, 3.05) is 0 Å². The Balaban J connectivity index is -0.000000270. The summed E-state index contributed by atoms with van der Waals surface area (Å²) in [6.07, 6.45) is 0. The lowest BCUT2D eigenvalue weighted by molar-refractivity contribution is 0.620. The molecule has 0 nitrogen and oxygen atoms in total. The summed E-state index contributed by atoms with van der Waals surface area (Å²) < 4.78 is 13.1. The van der Waals surface area contributed by atoms with E-state index in [1.165, 1.54) is 6.07 Å². The molecule has 0 bridgehead atoms. The van der Waals surface area contributed by atoms with Gasteiger partial charge in [0.05, 0.1) is 4.47 Å². The Morgan fingerprint density at radius 1 is 1.17 bits per heavy atom. The van der Waals surface area contributed by atoms with Crippen molar-refractivity contribution in [2.24, 2.45) is 0 Å². The summed E-state index contributed by atoms with van der Waals surface area (Å²) in [4.78, 5) is 0. The summed E-state index contributed by atoms with van der Waals surface area (Å²) in [5.41, 5.74) is 0.940. The van der Waals surface area contributed by atoms with Crippen LogP contribution >= 0.6 is 15.9 Å². The largest absolute Gasteiger partial charge is 0.269 e. The predicted molar refractivity (Wildman–Crippen MR) is 46.3 cm³/mol. The first-order valence-corrected chi connectivity index (χ1v) is 3.41. The van der Waals surface area contributed by atoms with Crippen molar-refractivity contribution >= 4 is 15.9 Å². The van der Waals surface area contributed by atoms with Gasteiger partial charge in [0.15, 0.2) is 0 Å². The zero-order valence-electron chi connectivity index (χ0n) is 6.21. The lowest BCUT2D eigenvalue weighted by Crippen LogP contribution is -1.77. The van der Waals surface area contributed by atoms with Crippen molar-refractivity contribution in [3.63, 3.8) is 0 Å². The molecule has 1 aromatic rings. The Kier molecular flexibility index (Phi) is 10.3. The SMILES string of the molecule is Cc1ccc(Br)c(F)c1.F.F.F. The van der Waals surface area contributed by atoms with E-state index in [9.17, 15) is 4.39 Å². The van der Waals surface area contributed by atoms with Crippen LogP contribution in [0.4, 0.5) is 18.5 Å². The van der Waals surface area contributed by atoms with Gasteiger partial charge in [0.1, 0.15) is 5.82 Å². The first-order chi connectivity index (χ1) is 4.20. The van der Waals surface area contributed by atoms with E-state index in [0.29, 0.717) is 4.47 Å². The maximum Gasteiger partial charge on any atom is 0.137 e. The normalized spacial score (nSPS) is 7.25. The first kappa shape index (κ1) is 17.5. The Bertz CT molecular complexity index is 227. The van der Waals surface area contributed by atoms with E-state index in [1.54, 1.807) is 6.07 Å². The molecule has 0 aromatic heterocycles. The van der Waals surface area contributed by atoms with Gasteiger partial charge in [-0.1, -0.05) is 6.07 Å². The van der Waals surface area contributed by atoms with Gasteiger partial charge >= 0.3 is 0 Å². The highest BCUT2D eigenvalue weighted by molar-refractivity contribution is 9.10. The van der Waals surface area contributed by atoms with Crippen molar-refractivity contribution in [3.05, 3.63) is 34.1 Å². The standard InChI is InChI=1S/C7H6BrF.3FH/c1-5-2-3-6(8)7(9)4-5;;;/h2-4H,1H3;3*1H. The van der Waals surface area contributed by atoms with Crippen molar-refractivity contribution in [1.82, 2.24) is 0 Å². The maximum absolute atomic E-state index is 12.5. The third kappa shape index (κ3) is 4.33. The molecule has 0 heterocycles. The molecule has 12 heavy (non-hydrogen) atoms. The third-order valence-corrected chi connectivity index (χ3v) is 1.72. The molecule has 0 saturated carbocycles. The fourth-order valence-electron chi connectivity index (χ4n) is 0.601. The summed E-state index contributed by atoms with van der Waals surface area (Å²) >= 11 is 3.05. The lowest BCUT2D eigenvalue weighted by Gasteiger charge is -1.93. The highest BCUT2D eigenvalue weighted by atomic mass is 79.9. The van der Waals surface area contributed by atoms with E-state index >= 15 is 0 Å². The van der Waals surface area contributed by atoms with Crippen molar-refractivity contribution < 1.29 is 18.5 Å². The van der Waals surface area contributed by atoms with Crippen LogP contribution in [-0.2, 0) is 0 Å². The molecule has 1 aromatic carbocycles. The summed E-state index contributed by atoms with van der Waals surface area (Å²) in [5.74, 6) is -0.199. The van der Waals surface area contributed by atoms with Crippen molar-refractivity contribution in [1.29, 1.82) is 0 Å². The van der Waals surface area contributed by atoms with Crippen LogP contribution in [0.25, 0.3) is 0 Å². The zero-order chi connectivity index (χ0) is 6.85. The summed E-state index contributed by atoms with van der Waals surface area (Å²) in [6, 6.07) is 5.04. The van der Waals surface area contributed by atoms with Gasteiger partial charge in [-0.25, -0.2) is 4.39 Å². The molecule has 0 radical (unpaired) electrons. The van der Waals surface area contributed by atoms with Gasteiger partial charge in [-0.05, 0) is 40.5 Å². The molecule has 0 atom stereocenters. The minimum atomic E-state index is -0.199. The number of halogens is 5. The fraction of sp³-hybridized carbons (Fsp3) is 0.143. The molecule has 0 amide bonds. The molecule has 0 N–H and O–H groups in total.